The van der Waals surface area contributed by atoms with Crippen LogP contribution in [-0.4, -0.2) is 54.2 Å². The molecule has 1 atom stereocenters. The van der Waals surface area contributed by atoms with Gasteiger partial charge in [0, 0.05) is 25.2 Å². The van der Waals surface area contributed by atoms with Gasteiger partial charge in [-0.3, -0.25) is 14.1 Å². The molecule has 0 saturated carbocycles. The molecule has 0 heterocycles. The number of aryl methyl sites for hydroxylation is 1. The van der Waals surface area contributed by atoms with Crippen molar-refractivity contribution in [3.05, 3.63) is 53.6 Å². The average Bonchev–Trinajstić information content (AvgIpc) is 2.94. The number of carbonyl (C=O) groups is 3. The molecule has 0 aromatic heterocycles. The van der Waals surface area contributed by atoms with Gasteiger partial charge in [0.2, 0.25) is 6.79 Å². The van der Waals surface area contributed by atoms with Gasteiger partial charge in [0.15, 0.2) is 0 Å². The van der Waals surface area contributed by atoms with Gasteiger partial charge in [-0.2, -0.15) is 0 Å². The lowest BCUT2D eigenvalue weighted by atomic mass is 9.92. The van der Waals surface area contributed by atoms with Crippen LogP contribution in [0.4, 0.5) is 21.9 Å². The van der Waals surface area contributed by atoms with Crippen LogP contribution in [0.1, 0.15) is 77.3 Å². The van der Waals surface area contributed by atoms with Gasteiger partial charge in [0.05, 0.1) is 24.4 Å². The number of urea groups is 1. The summed E-state index contributed by atoms with van der Waals surface area (Å²) in [6, 6.07) is 13.0. The van der Waals surface area contributed by atoms with Crippen LogP contribution in [0.5, 0.6) is 0 Å². The van der Waals surface area contributed by atoms with Crippen molar-refractivity contribution in [2.45, 2.75) is 73.1 Å². The number of ether oxygens (including phenoxy) is 2. The summed E-state index contributed by atoms with van der Waals surface area (Å²) >= 11 is 0. The van der Waals surface area contributed by atoms with Gasteiger partial charge in [-0.15, -0.1) is 0 Å². The summed E-state index contributed by atoms with van der Waals surface area (Å²) in [6.45, 7) is 13.2. The maximum atomic E-state index is 13.1. The minimum Gasteiger partial charge on any atom is -0.428 e. The number of esters is 2. The Morgan fingerprint density at radius 2 is 1.53 bits per heavy atom. The molecule has 12 nitrogen and oxygen atoms in total. The molecule has 0 aliphatic rings. The van der Waals surface area contributed by atoms with E-state index in [9.17, 15) is 18.9 Å². The molecule has 0 aliphatic carbocycles. The lowest BCUT2D eigenvalue weighted by molar-refractivity contribution is -0.167. The topological polar surface area (TPSA) is 164 Å². The number of hydrogen-bond acceptors (Lipinski definition) is 8. The number of nitrogens with one attached hydrogen (secondary N) is 2. The van der Waals surface area contributed by atoms with E-state index in [2.05, 4.69) is 47.8 Å². The predicted octanol–water partition coefficient (Wildman–Crippen LogP) is 6.57. The Morgan fingerprint density at radius 1 is 0.911 bits per heavy atom. The van der Waals surface area contributed by atoms with E-state index in [4.69, 9.17) is 19.3 Å². The average molecular weight is 650 g/mol. The second-order valence-corrected chi connectivity index (χ2v) is 13.0. The Morgan fingerprint density at radius 3 is 2.11 bits per heavy atom. The second-order valence-electron chi connectivity index (χ2n) is 11.8. The van der Waals surface area contributed by atoms with Crippen molar-refractivity contribution in [1.29, 1.82) is 0 Å². The monoisotopic (exact) mass is 649 g/mol. The summed E-state index contributed by atoms with van der Waals surface area (Å²) in [6.07, 6.45) is 0.529. The summed E-state index contributed by atoms with van der Waals surface area (Å²) in [4.78, 5) is 57.2. The molecular weight excluding hydrogens is 601 g/mol. The fraction of sp³-hybridized carbons (Fsp3) is 0.531. The predicted molar refractivity (Wildman–Crippen MR) is 174 cm³/mol. The second kappa shape index (κ2) is 18.5. The summed E-state index contributed by atoms with van der Waals surface area (Å²) in [5, 5.41) is 5.92. The van der Waals surface area contributed by atoms with Gasteiger partial charge in [0.1, 0.15) is 0 Å². The number of phosphoric ester groups is 1. The van der Waals surface area contributed by atoms with Gasteiger partial charge in [-0.25, -0.2) is 9.36 Å². The van der Waals surface area contributed by atoms with Gasteiger partial charge < -0.3 is 34.8 Å². The fourth-order valence-electron chi connectivity index (χ4n) is 4.65. The molecule has 2 amide bonds. The maximum Gasteiger partial charge on any atom is 0.469 e. The smallest absolute Gasteiger partial charge is 0.428 e. The Balaban J connectivity index is 2.14. The molecule has 250 valence electrons. The standard InChI is InChI=1S/C32H48N3O9P/c1-7-25(18-31(37)43-21-42-30(36)9-8-16-44-45(39,40)41)26-12-15-29(35(19-22(2)3)20-23(4)5)28(17-26)34-32(38)33-27-13-10-24(6)11-14-27/h10-15,17,22-23,25H,7-9,16,18-21H2,1-6H3,(H2,33,34,38)(H2,39,40,41)/t25-/m0/s1. The highest BCUT2D eigenvalue weighted by Gasteiger charge is 2.21. The van der Waals surface area contributed by atoms with E-state index in [1.165, 1.54) is 0 Å². The van der Waals surface area contributed by atoms with Crippen LogP contribution < -0.4 is 15.5 Å². The Bertz CT molecular complexity index is 1290. The molecule has 0 saturated heterocycles. The van der Waals surface area contributed by atoms with Crippen LogP contribution in [0.25, 0.3) is 0 Å². The maximum absolute atomic E-state index is 13.1. The number of anilines is 3. The first-order valence-corrected chi connectivity index (χ1v) is 16.7. The summed E-state index contributed by atoms with van der Waals surface area (Å²) in [5.74, 6) is -0.699. The van der Waals surface area contributed by atoms with E-state index in [0.29, 0.717) is 29.6 Å². The van der Waals surface area contributed by atoms with E-state index in [1.54, 1.807) is 0 Å². The van der Waals surface area contributed by atoms with Crippen molar-refractivity contribution in [2.24, 2.45) is 11.8 Å². The number of hydrogen-bond donors (Lipinski definition) is 4. The molecule has 2 rings (SSSR count). The van der Waals surface area contributed by atoms with E-state index < -0.39 is 26.6 Å². The van der Waals surface area contributed by atoms with Crippen molar-refractivity contribution < 1.29 is 42.7 Å². The molecule has 0 spiro atoms. The van der Waals surface area contributed by atoms with Crippen LogP contribution in [0.3, 0.4) is 0 Å². The van der Waals surface area contributed by atoms with E-state index in [1.807, 2.05) is 56.3 Å². The molecule has 4 N–H and O–H groups in total. The van der Waals surface area contributed by atoms with E-state index in [-0.39, 0.29) is 37.8 Å². The molecule has 13 heteroatoms. The zero-order valence-electron chi connectivity index (χ0n) is 27.1. The summed E-state index contributed by atoms with van der Waals surface area (Å²) in [5.41, 5.74) is 4.11. The largest absolute Gasteiger partial charge is 0.469 e. The summed E-state index contributed by atoms with van der Waals surface area (Å²) in [7, 11) is -4.60. The summed E-state index contributed by atoms with van der Waals surface area (Å²) < 4.78 is 25.0. The molecule has 2 aromatic carbocycles. The van der Waals surface area contributed by atoms with E-state index in [0.717, 1.165) is 29.9 Å². The van der Waals surface area contributed by atoms with Gasteiger partial charge in [0.25, 0.3) is 0 Å². The number of amides is 2. The molecule has 0 bridgehead atoms. The van der Waals surface area contributed by atoms with Gasteiger partial charge in [-0.1, -0.05) is 58.4 Å². The van der Waals surface area contributed by atoms with E-state index >= 15 is 0 Å². The third-order valence-corrected chi connectivity index (χ3v) is 7.21. The third kappa shape index (κ3) is 14.9. The van der Waals surface area contributed by atoms with Crippen molar-refractivity contribution in [1.82, 2.24) is 0 Å². The van der Waals surface area contributed by atoms with Crippen LogP contribution in [-0.2, 0) is 28.2 Å². The van der Waals surface area contributed by atoms with Crippen LogP contribution in [0.2, 0.25) is 0 Å². The quantitative estimate of drug-likeness (QED) is 0.0601. The number of benzene rings is 2. The Hall–Kier alpha value is -3.44. The number of phosphoric acid groups is 1. The first-order valence-electron chi connectivity index (χ1n) is 15.2. The van der Waals surface area contributed by atoms with Crippen molar-refractivity contribution >= 4 is 42.9 Å². The molecular formula is C32H48N3O9P. The van der Waals surface area contributed by atoms with Crippen LogP contribution in [0.15, 0.2) is 42.5 Å². The highest BCUT2D eigenvalue weighted by molar-refractivity contribution is 7.46. The van der Waals surface area contributed by atoms with Crippen molar-refractivity contribution in [2.75, 3.05) is 42.0 Å². The van der Waals surface area contributed by atoms with Crippen LogP contribution >= 0.6 is 7.82 Å². The van der Waals surface area contributed by atoms with Crippen molar-refractivity contribution in [3.8, 4) is 0 Å². The first-order chi connectivity index (χ1) is 21.2. The highest BCUT2D eigenvalue weighted by atomic mass is 31.2. The Kier molecular flexibility index (Phi) is 15.5. The van der Waals surface area contributed by atoms with Gasteiger partial charge in [-0.05, 0) is 67.3 Å². The third-order valence-electron chi connectivity index (χ3n) is 6.69. The number of nitrogens with zero attached hydrogens (tertiary/aromatic N) is 1. The number of rotatable bonds is 18. The fourth-order valence-corrected chi connectivity index (χ4v) is 5.02. The molecule has 45 heavy (non-hydrogen) atoms. The first kappa shape index (κ1) is 37.7. The lowest BCUT2D eigenvalue weighted by Gasteiger charge is -2.31. The number of carbonyl (C=O) groups excluding carboxylic acids is 3. The Labute approximate surface area is 266 Å². The molecule has 2 aromatic rings. The van der Waals surface area contributed by atoms with Crippen LogP contribution in [0, 0.1) is 18.8 Å². The molecule has 0 aliphatic heterocycles. The normalized spacial score (nSPS) is 12.1. The highest BCUT2D eigenvalue weighted by Crippen LogP contribution is 2.36. The lowest BCUT2D eigenvalue weighted by Crippen LogP contribution is -2.32. The minimum atomic E-state index is -4.60. The molecule has 0 unspecified atom stereocenters. The zero-order chi connectivity index (χ0) is 33.6. The molecule has 0 fully saturated rings. The molecule has 0 radical (unpaired) electrons. The SMILES string of the molecule is CC[C@@H](CC(=O)OCOC(=O)CCCOP(=O)(O)O)c1ccc(N(CC(C)C)CC(C)C)c(NC(=O)Nc2ccc(C)cc2)c1. The zero-order valence-corrected chi connectivity index (χ0v) is 28.0. The minimum absolute atomic E-state index is 0.0280. The van der Waals surface area contributed by atoms with Crippen molar-refractivity contribution in [3.63, 3.8) is 0 Å². The van der Waals surface area contributed by atoms with Gasteiger partial charge >= 0.3 is 25.8 Å².